The van der Waals surface area contributed by atoms with Crippen LogP contribution in [0.3, 0.4) is 0 Å². The van der Waals surface area contributed by atoms with Gasteiger partial charge in [-0.25, -0.2) is 4.39 Å². The molecule has 7 rings (SSSR count). The number of carbonyl (C=O) groups is 1. The molecular formula is C37H34ClFN4O6. The number of carbonyl (C=O) groups excluding carboxylic acids is 1. The van der Waals surface area contributed by atoms with Crippen LogP contribution in [-0.4, -0.2) is 73.0 Å². The number of morpholine rings is 1. The molecule has 5 aromatic rings. The molecular weight excluding hydrogens is 651 g/mol. The molecule has 0 saturated carbocycles. The molecule has 2 aliphatic rings. The highest BCUT2D eigenvalue weighted by Gasteiger charge is 2.24. The van der Waals surface area contributed by atoms with Gasteiger partial charge in [-0.3, -0.25) is 24.0 Å². The molecule has 1 N–H and O–H groups in total. The third kappa shape index (κ3) is 7.24. The number of hydrogen-bond acceptors (Lipinski definition) is 8. The van der Waals surface area contributed by atoms with E-state index < -0.39 is 17.3 Å². The molecule has 0 radical (unpaired) electrons. The van der Waals surface area contributed by atoms with Crippen molar-refractivity contribution in [2.24, 2.45) is 0 Å². The minimum Gasteiger partial charge on any atom is -0.489 e. The van der Waals surface area contributed by atoms with Gasteiger partial charge in [0, 0.05) is 49.2 Å². The van der Waals surface area contributed by atoms with Crippen LogP contribution in [-0.2, 0) is 11.2 Å². The van der Waals surface area contributed by atoms with Gasteiger partial charge >= 0.3 is 0 Å². The largest absolute Gasteiger partial charge is 0.489 e. The second kappa shape index (κ2) is 14.7. The fourth-order valence-corrected chi connectivity index (χ4v) is 6.32. The number of rotatable bonds is 10. The van der Waals surface area contributed by atoms with Crippen molar-refractivity contribution in [1.29, 1.82) is 0 Å². The normalized spacial score (nSPS) is 14.5. The van der Waals surface area contributed by atoms with Crippen molar-refractivity contribution >= 4 is 34.1 Å². The monoisotopic (exact) mass is 684 g/mol. The molecule has 2 aromatic heterocycles. The van der Waals surface area contributed by atoms with Gasteiger partial charge in [-0.05, 0) is 78.6 Å². The molecule has 0 spiro atoms. The topological polar surface area (TPSA) is 104 Å². The Morgan fingerprint density at radius 1 is 0.980 bits per heavy atom. The zero-order valence-electron chi connectivity index (χ0n) is 26.6. The Labute approximate surface area is 286 Å². The highest BCUT2D eigenvalue weighted by atomic mass is 35.5. The van der Waals surface area contributed by atoms with Crippen molar-refractivity contribution in [3.63, 3.8) is 0 Å². The van der Waals surface area contributed by atoms with Gasteiger partial charge < -0.3 is 24.3 Å². The van der Waals surface area contributed by atoms with Gasteiger partial charge in [-0.15, -0.1) is 0 Å². The van der Waals surface area contributed by atoms with Crippen LogP contribution in [0.2, 0.25) is 5.02 Å². The average molecular weight is 685 g/mol. The molecule has 1 amide bonds. The number of pyridine rings is 2. The van der Waals surface area contributed by atoms with Gasteiger partial charge in [-0.2, -0.15) is 0 Å². The number of halogens is 2. The van der Waals surface area contributed by atoms with E-state index in [1.807, 2.05) is 18.2 Å². The van der Waals surface area contributed by atoms with Crippen molar-refractivity contribution in [2.75, 3.05) is 58.0 Å². The predicted octanol–water partition coefficient (Wildman–Crippen LogP) is 5.89. The lowest BCUT2D eigenvalue weighted by molar-refractivity contribution is 0.0357. The molecule has 0 atom stereocenters. The molecule has 3 aromatic carbocycles. The Kier molecular flexibility index (Phi) is 9.74. The van der Waals surface area contributed by atoms with E-state index in [0.717, 1.165) is 61.3 Å². The lowest BCUT2D eigenvalue weighted by Gasteiger charge is -2.26. The van der Waals surface area contributed by atoms with Gasteiger partial charge in [0.1, 0.15) is 24.6 Å². The molecule has 1 saturated heterocycles. The molecule has 252 valence electrons. The summed E-state index contributed by atoms with van der Waals surface area (Å²) in [5, 5.41) is 3.90. The zero-order chi connectivity index (χ0) is 33.7. The van der Waals surface area contributed by atoms with Crippen LogP contribution in [0.4, 0.5) is 10.1 Å². The number of hydrogen-bond donors (Lipinski definition) is 1. The van der Waals surface area contributed by atoms with Gasteiger partial charge in [0.2, 0.25) is 5.75 Å². The van der Waals surface area contributed by atoms with E-state index in [2.05, 4.69) is 15.2 Å². The SMILES string of the molecule is O=C(Nc1ccc(Cc2ccnc3cc(OCCCN4CCOCC4)c4c(c23)OCCO4)cc1Cl)c1cccn(-c2ccc(F)cc2)c1=O. The number of nitrogens with zero attached hydrogens (tertiary/aromatic N) is 3. The Morgan fingerprint density at radius 3 is 2.57 bits per heavy atom. The molecule has 49 heavy (non-hydrogen) atoms. The summed E-state index contributed by atoms with van der Waals surface area (Å²) in [6, 6.07) is 17.7. The van der Waals surface area contributed by atoms with Crippen LogP contribution >= 0.6 is 11.6 Å². The molecule has 0 aliphatic carbocycles. The van der Waals surface area contributed by atoms with Crippen molar-refractivity contribution in [1.82, 2.24) is 14.5 Å². The predicted molar refractivity (Wildman–Crippen MR) is 184 cm³/mol. The minimum atomic E-state index is -0.612. The smallest absolute Gasteiger partial charge is 0.267 e. The van der Waals surface area contributed by atoms with E-state index in [4.69, 9.17) is 30.5 Å². The molecule has 0 unspecified atom stereocenters. The van der Waals surface area contributed by atoms with Gasteiger partial charge in [-0.1, -0.05) is 17.7 Å². The maximum Gasteiger partial charge on any atom is 0.267 e. The fourth-order valence-electron chi connectivity index (χ4n) is 6.07. The van der Waals surface area contributed by atoms with Crippen molar-refractivity contribution in [3.05, 3.63) is 117 Å². The van der Waals surface area contributed by atoms with Crippen LogP contribution in [0, 0.1) is 5.82 Å². The van der Waals surface area contributed by atoms with Gasteiger partial charge in [0.15, 0.2) is 11.5 Å². The van der Waals surface area contributed by atoms with Crippen molar-refractivity contribution in [2.45, 2.75) is 12.8 Å². The second-order valence-corrected chi connectivity index (χ2v) is 12.2. The molecule has 2 aliphatic heterocycles. The maximum atomic E-state index is 13.4. The number of benzene rings is 3. The van der Waals surface area contributed by atoms with Crippen LogP contribution in [0.5, 0.6) is 17.2 Å². The minimum absolute atomic E-state index is 0.0809. The molecule has 1 fully saturated rings. The number of fused-ring (bicyclic) bond motifs is 3. The van der Waals surface area contributed by atoms with E-state index in [1.165, 1.54) is 41.1 Å². The van der Waals surface area contributed by atoms with E-state index in [1.54, 1.807) is 24.4 Å². The summed E-state index contributed by atoms with van der Waals surface area (Å²) in [5.74, 6) is 0.764. The first-order chi connectivity index (χ1) is 23.9. The summed E-state index contributed by atoms with van der Waals surface area (Å²) >= 11 is 6.66. The molecule has 12 heteroatoms. The second-order valence-electron chi connectivity index (χ2n) is 11.8. The van der Waals surface area contributed by atoms with E-state index in [0.29, 0.717) is 59.9 Å². The third-order valence-corrected chi connectivity index (χ3v) is 8.83. The highest BCUT2D eigenvalue weighted by Crippen LogP contribution is 2.46. The zero-order valence-corrected chi connectivity index (χ0v) is 27.4. The number of aromatic nitrogens is 2. The molecule has 10 nitrogen and oxygen atoms in total. The molecule has 0 bridgehead atoms. The van der Waals surface area contributed by atoms with Gasteiger partial charge in [0.25, 0.3) is 11.5 Å². The summed E-state index contributed by atoms with van der Waals surface area (Å²) in [6.45, 7) is 5.72. The first-order valence-electron chi connectivity index (χ1n) is 16.1. The number of amides is 1. The number of anilines is 1. The summed E-state index contributed by atoms with van der Waals surface area (Å²) in [7, 11) is 0. The Morgan fingerprint density at radius 2 is 1.78 bits per heavy atom. The third-order valence-electron chi connectivity index (χ3n) is 8.52. The summed E-state index contributed by atoms with van der Waals surface area (Å²) in [4.78, 5) is 33.3. The van der Waals surface area contributed by atoms with E-state index >= 15 is 0 Å². The van der Waals surface area contributed by atoms with Crippen LogP contribution < -0.4 is 25.1 Å². The van der Waals surface area contributed by atoms with Crippen molar-refractivity contribution < 1.29 is 28.1 Å². The number of ether oxygens (including phenoxy) is 4. The highest BCUT2D eigenvalue weighted by molar-refractivity contribution is 6.34. The average Bonchev–Trinajstić information content (AvgIpc) is 3.12. The Hall–Kier alpha value is -4.97. The standard InChI is InChI=1S/C37H34ClFN4O6/c38-29-22-24(4-9-30(29)41-36(44)28-3-1-13-43(37(28)45)27-7-5-26(39)6-8-27)21-25-10-11-40-31-23-32(34-35(33(25)31)49-20-19-48-34)47-16-2-12-42-14-17-46-18-15-42/h1,3-11,13,22-23H,2,12,14-21H2,(H,41,44). The van der Waals surface area contributed by atoms with Crippen LogP contribution in [0.1, 0.15) is 27.9 Å². The lowest BCUT2D eigenvalue weighted by Crippen LogP contribution is -2.37. The van der Waals surface area contributed by atoms with E-state index in [-0.39, 0.29) is 5.56 Å². The van der Waals surface area contributed by atoms with Crippen LogP contribution in [0.25, 0.3) is 16.6 Å². The first kappa shape index (κ1) is 32.6. The molecule has 4 heterocycles. The quantitative estimate of drug-likeness (QED) is 0.182. The summed E-state index contributed by atoms with van der Waals surface area (Å²) in [5.41, 5.74) is 2.76. The maximum absolute atomic E-state index is 13.4. The Bertz CT molecular complexity index is 2050. The first-order valence-corrected chi connectivity index (χ1v) is 16.5. The van der Waals surface area contributed by atoms with Crippen LogP contribution in [0.15, 0.2) is 83.9 Å². The van der Waals surface area contributed by atoms with Gasteiger partial charge in [0.05, 0.1) is 36.0 Å². The summed E-state index contributed by atoms with van der Waals surface area (Å²) < 4.78 is 38.5. The van der Waals surface area contributed by atoms with E-state index in [9.17, 15) is 14.0 Å². The Balaban J connectivity index is 1.08. The number of nitrogens with one attached hydrogen (secondary N) is 1. The fraction of sp³-hybridized carbons (Fsp3) is 0.270. The lowest BCUT2D eigenvalue weighted by atomic mass is 9.99. The summed E-state index contributed by atoms with van der Waals surface area (Å²) in [6.07, 6.45) is 4.65. The van der Waals surface area contributed by atoms with Crippen molar-refractivity contribution in [3.8, 4) is 22.9 Å².